The van der Waals surface area contributed by atoms with Gasteiger partial charge in [-0.1, -0.05) is 54.6 Å². The van der Waals surface area contributed by atoms with Gasteiger partial charge < -0.3 is 34.3 Å². The molecule has 2 atom stereocenters. The molecule has 378 valence electrons. The number of methoxy groups -OCH3 is 3. The number of ether oxygens (including phenoxy) is 3. The molecule has 75 heavy (non-hydrogen) atoms. The molecular weight excluding hydrogens is 1010 g/mol. The fraction of sp³-hybridized carbons (Fsp3) is 0.0556. The van der Waals surface area contributed by atoms with E-state index in [1.54, 1.807) is 110 Å². The van der Waals surface area contributed by atoms with Gasteiger partial charge in [0.25, 0.3) is 10.0 Å². The van der Waals surface area contributed by atoms with Crippen LogP contribution < -0.4 is 49.3 Å². The first-order valence-corrected chi connectivity index (χ1v) is 26.4. The predicted molar refractivity (Wildman–Crippen MR) is 295 cm³/mol. The number of benzene rings is 9. The molecule has 0 radical (unpaired) electrons. The average molecular weight is 1060 g/mol. The van der Waals surface area contributed by atoms with Gasteiger partial charge in [-0.15, -0.1) is 0 Å². The molecule has 0 saturated carbocycles. The quantitative estimate of drug-likeness (QED) is 0.0390. The minimum absolute atomic E-state index is 0.00229. The van der Waals surface area contributed by atoms with Crippen molar-refractivity contribution in [3.05, 3.63) is 182 Å². The lowest BCUT2D eigenvalue weighted by molar-refractivity contribution is 0.416. The molecule has 0 saturated heterocycles. The molecule has 0 aliphatic carbocycles. The summed E-state index contributed by atoms with van der Waals surface area (Å²) in [5, 5.41) is 14.0. The van der Waals surface area contributed by atoms with Crippen molar-refractivity contribution in [3.63, 3.8) is 0 Å². The fourth-order valence-corrected chi connectivity index (χ4v) is 10.4. The van der Waals surface area contributed by atoms with Crippen LogP contribution in [0.1, 0.15) is 0 Å². The zero-order valence-corrected chi connectivity index (χ0v) is 42.5. The Morgan fingerprint density at radius 2 is 0.907 bits per heavy atom. The van der Waals surface area contributed by atoms with Gasteiger partial charge in [0.05, 0.1) is 36.8 Å². The second kappa shape index (κ2) is 22.0. The maximum atomic E-state index is 13.6. The van der Waals surface area contributed by atoms with E-state index in [0.717, 1.165) is 10.8 Å². The standard InChI is InChI=1S/C54H45N9O9S3/c1-68-49-31-43(71-74(65)62-38-15-9-5-10-16-38)28-34-25-40(19-22-46(34)49)55-52-58-53(56-41-20-23-47-35(26-41)29-44(32-50(47)69-2)73(64)72-61-37-13-7-4-8-14-37)60-54(59-52)57-42-21-24-48-36(27-42)30-45(33-51(48)70-3)75(66,67)63-39-17-11-6-12-18-39/h4-33,61-63H,1-3H3,(H3,55,56,57,58,59,60). The summed E-state index contributed by atoms with van der Waals surface area (Å²) in [6.07, 6.45) is 0. The molecule has 10 aromatic rings. The molecule has 0 fully saturated rings. The molecule has 1 aromatic heterocycles. The molecule has 9 aromatic carbocycles. The molecule has 2 unspecified atom stereocenters. The van der Waals surface area contributed by atoms with Crippen LogP contribution in [0, 0.1) is 0 Å². The van der Waals surface area contributed by atoms with Crippen LogP contribution in [-0.2, 0) is 36.7 Å². The van der Waals surface area contributed by atoms with Gasteiger partial charge in [0.1, 0.15) is 23.0 Å². The van der Waals surface area contributed by atoms with Gasteiger partial charge in [-0.2, -0.15) is 23.4 Å². The van der Waals surface area contributed by atoms with Gasteiger partial charge in [0.2, 0.25) is 28.9 Å². The van der Waals surface area contributed by atoms with Crippen molar-refractivity contribution in [1.29, 1.82) is 0 Å². The number of anilines is 9. The van der Waals surface area contributed by atoms with Crippen LogP contribution in [0.15, 0.2) is 192 Å². The molecule has 0 bridgehead atoms. The summed E-state index contributed by atoms with van der Waals surface area (Å²) in [6, 6.07) is 53.0. The maximum Gasteiger partial charge on any atom is 0.316 e. The highest BCUT2D eigenvalue weighted by atomic mass is 32.2. The van der Waals surface area contributed by atoms with E-state index in [0.29, 0.717) is 83.6 Å². The predicted octanol–water partition coefficient (Wildman–Crippen LogP) is 11.5. The Hall–Kier alpha value is -9.02. The third-order valence-electron chi connectivity index (χ3n) is 11.4. The normalized spacial score (nSPS) is 12.1. The Balaban J connectivity index is 0.985. The monoisotopic (exact) mass is 1060 g/mol. The third-order valence-corrected chi connectivity index (χ3v) is 14.4. The van der Waals surface area contributed by atoms with Crippen LogP contribution in [0.4, 0.5) is 52.0 Å². The minimum Gasteiger partial charge on any atom is -0.496 e. The number of nitrogens with zero attached hydrogens (tertiary/aromatic N) is 3. The number of rotatable bonds is 20. The van der Waals surface area contributed by atoms with Gasteiger partial charge in [-0.25, -0.2) is 12.6 Å². The van der Waals surface area contributed by atoms with Gasteiger partial charge in [-0.3, -0.25) is 14.9 Å². The molecule has 0 aliphatic heterocycles. The minimum atomic E-state index is -4.02. The Morgan fingerprint density at radius 1 is 0.453 bits per heavy atom. The molecule has 6 N–H and O–H groups in total. The number of hydrogen-bond donors (Lipinski definition) is 6. The van der Waals surface area contributed by atoms with E-state index in [2.05, 4.69) is 30.9 Å². The summed E-state index contributed by atoms with van der Waals surface area (Å²) in [5.74, 6) is 2.01. The van der Waals surface area contributed by atoms with E-state index in [4.69, 9.17) is 37.6 Å². The summed E-state index contributed by atoms with van der Waals surface area (Å²) >= 11 is -3.84. The number of hydrogen-bond acceptors (Lipinski definition) is 16. The molecule has 0 amide bonds. The largest absolute Gasteiger partial charge is 0.496 e. The molecule has 1 heterocycles. The Morgan fingerprint density at radius 3 is 1.43 bits per heavy atom. The van der Waals surface area contributed by atoms with Crippen molar-refractivity contribution in [3.8, 4) is 23.0 Å². The van der Waals surface area contributed by atoms with Crippen molar-refractivity contribution in [1.82, 2.24) is 15.0 Å². The first-order chi connectivity index (χ1) is 36.5. The molecule has 21 heteroatoms. The lowest BCUT2D eigenvalue weighted by Gasteiger charge is -2.15. The zero-order valence-electron chi connectivity index (χ0n) is 40.1. The van der Waals surface area contributed by atoms with Gasteiger partial charge >= 0.3 is 11.3 Å². The van der Waals surface area contributed by atoms with E-state index >= 15 is 0 Å². The van der Waals surface area contributed by atoms with Crippen LogP contribution in [-0.4, -0.2) is 53.1 Å². The number of nitrogens with one attached hydrogen (secondary N) is 6. The molecule has 10 rings (SSSR count). The van der Waals surface area contributed by atoms with E-state index in [9.17, 15) is 16.8 Å². The summed E-state index contributed by atoms with van der Waals surface area (Å²) in [4.78, 5) is 14.6. The number of fused-ring (bicyclic) bond motifs is 3. The van der Waals surface area contributed by atoms with Crippen molar-refractivity contribution < 1.29 is 39.5 Å². The van der Waals surface area contributed by atoms with E-state index in [-0.39, 0.29) is 22.7 Å². The highest BCUT2D eigenvalue weighted by Crippen LogP contribution is 2.37. The topological polar surface area (TPSA) is 225 Å². The molecule has 0 aliphatic rings. The number of sulfonamides is 1. The SMILES string of the molecule is COc1cc(OS(=O)Nc2ccccc2)cc2cc(Nc3nc(Nc4ccc5c(OC)cc(S(=O)ONc6ccccc6)cc5c4)nc(Nc4ccc5c(OC)cc(S(=O)(=O)Nc6ccccc6)cc5c4)n3)ccc12. The summed E-state index contributed by atoms with van der Waals surface area (Å²) in [6.45, 7) is 0. The molecule has 18 nitrogen and oxygen atoms in total. The summed E-state index contributed by atoms with van der Waals surface area (Å²) < 4.78 is 87.5. The Kier molecular flexibility index (Phi) is 14.5. The lowest BCUT2D eigenvalue weighted by atomic mass is 10.1. The van der Waals surface area contributed by atoms with Crippen LogP contribution in [0.5, 0.6) is 23.0 Å². The summed E-state index contributed by atoms with van der Waals surface area (Å²) in [7, 11) is 0.536. The van der Waals surface area contributed by atoms with E-state index in [1.165, 1.54) is 20.3 Å². The first kappa shape index (κ1) is 49.6. The highest BCUT2D eigenvalue weighted by Gasteiger charge is 2.20. The van der Waals surface area contributed by atoms with E-state index < -0.39 is 32.4 Å². The van der Waals surface area contributed by atoms with Gasteiger partial charge in [0, 0.05) is 56.7 Å². The molecule has 0 spiro atoms. The van der Waals surface area contributed by atoms with E-state index in [1.807, 2.05) is 72.8 Å². The first-order valence-electron chi connectivity index (χ1n) is 22.8. The van der Waals surface area contributed by atoms with Crippen molar-refractivity contribution in [2.45, 2.75) is 9.79 Å². The van der Waals surface area contributed by atoms with Gasteiger partial charge in [-0.05, 0) is 131 Å². The van der Waals surface area contributed by atoms with Crippen molar-refractivity contribution in [2.24, 2.45) is 0 Å². The Bertz CT molecular complexity index is 3890. The summed E-state index contributed by atoms with van der Waals surface area (Å²) in [5.41, 5.74) is 6.06. The Labute approximate surface area is 435 Å². The van der Waals surface area contributed by atoms with Crippen LogP contribution in [0.25, 0.3) is 32.3 Å². The maximum absolute atomic E-state index is 13.6. The average Bonchev–Trinajstić information content (AvgIpc) is 3.42. The highest BCUT2D eigenvalue weighted by molar-refractivity contribution is 7.92. The van der Waals surface area contributed by atoms with Gasteiger partial charge in [0.15, 0.2) is 0 Å². The van der Waals surface area contributed by atoms with Crippen molar-refractivity contribution in [2.75, 3.05) is 52.2 Å². The third kappa shape index (κ3) is 11.8. The number of aromatic nitrogens is 3. The van der Waals surface area contributed by atoms with Crippen molar-refractivity contribution >= 4 is 117 Å². The van der Waals surface area contributed by atoms with Crippen LogP contribution >= 0.6 is 0 Å². The number of para-hydroxylation sites is 3. The second-order valence-corrected chi connectivity index (χ2v) is 20.0. The fourth-order valence-electron chi connectivity index (χ4n) is 7.97. The zero-order chi connectivity index (χ0) is 51.9. The van der Waals surface area contributed by atoms with Crippen LogP contribution in [0.3, 0.4) is 0 Å². The van der Waals surface area contributed by atoms with Crippen LogP contribution in [0.2, 0.25) is 0 Å². The lowest BCUT2D eigenvalue weighted by Crippen LogP contribution is -2.13. The second-order valence-electron chi connectivity index (χ2n) is 16.4. The smallest absolute Gasteiger partial charge is 0.316 e. The molecular formula is C54H45N9O9S3.